The van der Waals surface area contributed by atoms with E-state index in [1.807, 2.05) is 4.90 Å². The van der Waals surface area contributed by atoms with Crippen LogP contribution in [-0.4, -0.2) is 58.8 Å². The third-order valence-corrected chi connectivity index (χ3v) is 6.58. The number of aryl methyl sites for hydroxylation is 1. The SMILES string of the molecule is Cc1ccccc1CN1C(=O)C2CN(Cc3ccccc3)CCC2N2CCN=C12. The lowest BCUT2D eigenvalue weighted by atomic mass is 9.87. The van der Waals surface area contributed by atoms with E-state index in [0.29, 0.717) is 12.6 Å². The van der Waals surface area contributed by atoms with E-state index in [0.717, 1.165) is 45.1 Å². The zero-order valence-corrected chi connectivity index (χ0v) is 17.0. The first-order valence-corrected chi connectivity index (χ1v) is 10.6. The van der Waals surface area contributed by atoms with Crippen LogP contribution < -0.4 is 0 Å². The fourth-order valence-electron chi connectivity index (χ4n) is 5.02. The van der Waals surface area contributed by atoms with Crippen LogP contribution in [0.25, 0.3) is 0 Å². The summed E-state index contributed by atoms with van der Waals surface area (Å²) in [5.41, 5.74) is 3.74. The van der Waals surface area contributed by atoms with Gasteiger partial charge in [0.15, 0.2) is 0 Å². The van der Waals surface area contributed by atoms with Crippen LogP contribution in [0.1, 0.15) is 23.1 Å². The van der Waals surface area contributed by atoms with Crippen molar-refractivity contribution in [3.63, 3.8) is 0 Å². The molecule has 1 amide bonds. The number of nitrogens with zero attached hydrogens (tertiary/aromatic N) is 4. The quantitative estimate of drug-likeness (QED) is 0.809. The summed E-state index contributed by atoms with van der Waals surface area (Å²) in [6.45, 7) is 7.23. The Morgan fingerprint density at radius 2 is 1.79 bits per heavy atom. The normalized spacial score (nSPS) is 24.3. The molecule has 3 aliphatic rings. The monoisotopic (exact) mass is 388 g/mol. The number of carbonyl (C=O) groups is 1. The molecule has 150 valence electrons. The van der Waals surface area contributed by atoms with Crippen LogP contribution in [0.5, 0.6) is 0 Å². The summed E-state index contributed by atoms with van der Waals surface area (Å²) in [6.07, 6.45) is 1.03. The molecule has 29 heavy (non-hydrogen) atoms. The molecule has 5 rings (SSSR count). The molecule has 5 heteroatoms. The summed E-state index contributed by atoms with van der Waals surface area (Å²) >= 11 is 0. The lowest BCUT2D eigenvalue weighted by molar-refractivity contribution is -0.140. The van der Waals surface area contributed by atoms with Crippen molar-refractivity contribution in [3.8, 4) is 0 Å². The summed E-state index contributed by atoms with van der Waals surface area (Å²) in [5, 5.41) is 0. The van der Waals surface area contributed by atoms with Gasteiger partial charge < -0.3 is 4.90 Å². The average Bonchev–Trinajstić information content (AvgIpc) is 3.23. The van der Waals surface area contributed by atoms with Crippen LogP contribution in [0.15, 0.2) is 59.6 Å². The highest BCUT2D eigenvalue weighted by molar-refractivity contribution is 6.01. The Kier molecular flexibility index (Phi) is 4.84. The minimum atomic E-state index is 0.0218. The van der Waals surface area contributed by atoms with Gasteiger partial charge in [0, 0.05) is 32.2 Å². The Balaban J connectivity index is 1.38. The maximum Gasteiger partial charge on any atom is 0.236 e. The van der Waals surface area contributed by atoms with E-state index in [2.05, 4.69) is 71.3 Å². The molecule has 2 unspecified atom stereocenters. The third-order valence-electron chi connectivity index (χ3n) is 6.58. The average molecular weight is 389 g/mol. The molecule has 0 bridgehead atoms. The van der Waals surface area contributed by atoms with Gasteiger partial charge in [-0.1, -0.05) is 54.6 Å². The van der Waals surface area contributed by atoms with Gasteiger partial charge in [-0.05, 0) is 30.0 Å². The number of hydrogen-bond acceptors (Lipinski definition) is 4. The lowest BCUT2D eigenvalue weighted by Crippen LogP contribution is -2.65. The van der Waals surface area contributed by atoms with Crippen LogP contribution in [0, 0.1) is 12.8 Å². The minimum absolute atomic E-state index is 0.0218. The molecule has 2 aromatic rings. The van der Waals surface area contributed by atoms with Crippen molar-refractivity contribution < 1.29 is 4.79 Å². The Morgan fingerprint density at radius 3 is 2.62 bits per heavy atom. The molecule has 0 saturated carbocycles. The van der Waals surface area contributed by atoms with E-state index in [4.69, 9.17) is 4.99 Å². The van der Waals surface area contributed by atoms with E-state index in [9.17, 15) is 4.79 Å². The van der Waals surface area contributed by atoms with Gasteiger partial charge >= 0.3 is 0 Å². The van der Waals surface area contributed by atoms with Gasteiger partial charge in [-0.3, -0.25) is 19.6 Å². The number of carbonyl (C=O) groups excluding carboxylic acids is 1. The number of benzene rings is 2. The van der Waals surface area contributed by atoms with Crippen LogP contribution in [-0.2, 0) is 17.9 Å². The highest BCUT2D eigenvalue weighted by atomic mass is 16.2. The second-order valence-electron chi connectivity index (χ2n) is 8.41. The smallest absolute Gasteiger partial charge is 0.236 e. The topological polar surface area (TPSA) is 39.2 Å². The summed E-state index contributed by atoms with van der Waals surface area (Å²) < 4.78 is 0. The second-order valence-corrected chi connectivity index (χ2v) is 8.41. The van der Waals surface area contributed by atoms with Gasteiger partial charge in [-0.15, -0.1) is 0 Å². The van der Waals surface area contributed by atoms with E-state index in [-0.39, 0.29) is 11.8 Å². The van der Waals surface area contributed by atoms with E-state index in [1.165, 1.54) is 16.7 Å². The fourth-order valence-corrected chi connectivity index (χ4v) is 5.02. The first kappa shape index (κ1) is 18.4. The van der Waals surface area contributed by atoms with Crippen molar-refractivity contribution in [2.75, 3.05) is 26.2 Å². The molecular formula is C24H28N4O. The molecule has 2 aromatic carbocycles. The largest absolute Gasteiger partial charge is 0.337 e. The van der Waals surface area contributed by atoms with E-state index < -0.39 is 0 Å². The van der Waals surface area contributed by atoms with Gasteiger partial charge in [0.1, 0.15) is 0 Å². The summed E-state index contributed by atoms with van der Waals surface area (Å²) in [5.74, 6) is 1.16. The van der Waals surface area contributed by atoms with Crippen LogP contribution >= 0.6 is 0 Å². The van der Waals surface area contributed by atoms with Crippen molar-refractivity contribution in [1.29, 1.82) is 0 Å². The van der Waals surface area contributed by atoms with Gasteiger partial charge in [0.05, 0.1) is 19.0 Å². The van der Waals surface area contributed by atoms with Gasteiger partial charge in [-0.25, -0.2) is 0 Å². The fraction of sp³-hybridized carbons (Fsp3) is 0.417. The van der Waals surface area contributed by atoms with Gasteiger partial charge in [0.25, 0.3) is 0 Å². The number of amides is 1. The van der Waals surface area contributed by atoms with Gasteiger partial charge in [0.2, 0.25) is 11.9 Å². The summed E-state index contributed by atoms with van der Waals surface area (Å²) in [7, 11) is 0. The zero-order valence-electron chi connectivity index (χ0n) is 17.0. The number of fused-ring (bicyclic) bond motifs is 3. The molecule has 0 spiro atoms. The summed E-state index contributed by atoms with van der Waals surface area (Å²) in [4.78, 5) is 25.1. The molecule has 0 aromatic heterocycles. The number of rotatable bonds is 4. The van der Waals surface area contributed by atoms with Crippen LogP contribution in [0.4, 0.5) is 0 Å². The van der Waals surface area contributed by atoms with Crippen LogP contribution in [0.3, 0.4) is 0 Å². The Morgan fingerprint density at radius 1 is 1.00 bits per heavy atom. The van der Waals surface area contributed by atoms with Gasteiger partial charge in [-0.2, -0.15) is 0 Å². The number of piperidine rings is 1. The predicted octanol–water partition coefficient (Wildman–Crippen LogP) is 2.90. The first-order valence-electron chi connectivity index (χ1n) is 10.6. The zero-order chi connectivity index (χ0) is 19.8. The maximum absolute atomic E-state index is 13.6. The lowest BCUT2D eigenvalue weighted by Gasteiger charge is -2.49. The number of aliphatic imine (C=N–C) groups is 1. The van der Waals surface area contributed by atoms with Crippen molar-refractivity contribution >= 4 is 11.9 Å². The third kappa shape index (κ3) is 3.44. The molecule has 0 aliphatic carbocycles. The standard InChI is InChI=1S/C24H28N4O/c1-18-7-5-6-10-20(18)16-28-23(29)21-17-26(15-19-8-3-2-4-9-19)13-11-22(21)27-14-12-25-24(27)28/h2-10,21-22H,11-17H2,1H3. The van der Waals surface area contributed by atoms with Crippen molar-refractivity contribution in [1.82, 2.24) is 14.7 Å². The Hall–Kier alpha value is -2.66. The molecule has 5 nitrogen and oxygen atoms in total. The van der Waals surface area contributed by atoms with Crippen molar-refractivity contribution in [2.45, 2.75) is 32.5 Å². The van der Waals surface area contributed by atoms with Crippen molar-refractivity contribution in [2.24, 2.45) is 10.9 Å². The molecule has 3 heterocycles. The minimum Gasteiger partial charge on any atom is -0.337 e. The molecule has 2 atom stereocenters. The Bertz CT molecular complexity index is 925. The predicted molar refractivity (Wildman–Crippen MR) is 114 cm³/mol. The summed E-state index contributed by atoms with van der Waals surface area (Å²) in [6, 6.07) is 19.2. The number of guanidine groups is 1. The highest BCUT2D eigenvalue weighted by Crippen LogP contribution is 2.33. The maximum atomic E-state index is 13.6. The van der Waals surface area contributed by atoms with E-state index >= 15 is 0 Å². The number of hydrogen-bond donors (Lipinski definition) is 0. The molecule has 2 saturated heterocycles. The van der Waals surface area contributed by atoms with Crippen molar-refractivity contribution in [3.05, 3.63) is 71.3 Å². The number of likely N-dealkylation sites (tertiary alicyclic amines) is 1. The highest BCUT2D eigenvalue weighted by Gasteiger charge is 2.48. The first-order chi connectivity index (χ1) is 14.2. The van der Waals surface area contributed by atoms with Crippen LogP contribution in [0.2, 0.25) is 0 Å². The molecular weight excluding hydrogens is 360 g/mol. The second kappa shape index (κ2) is 7.64. The van der Waals surface area contributed by atoms with E-state index in [1.54, 1.807) is 0 Å². The molecule has 3 aliphatic heterocycles. The Labute approximate surface area is 172 Å². The molecule has 0 N–H and O–H groups in total. The molecule has 2 fully saturated rings. The molecule has 0 radical (unpaired) electrons.